The fraction of sp³-hybridized carbons (Fsp3) is 0.600. The molecule has 4 nitrogen and oxygen atoms in total. The van der Waals surface area contributed by atoms with Gasteiger partial charge >= 0.3 is 0 Å². The first kappa shape index (κ1) is 10.9. The van der Waals surface area contributed by atoms with Gasteiger partial charge in [0.15, 0.2) is 5.78 Å². The molecule has 78 valence electrons. The molecule has 0 fully saturated rings. The number of aromatic nitrogens is 2. The third-order valence-electron chi connectivity index (χ3n) is 2.13. The highest BCUT2D eigenvalue weighted by Crippen LogP contribution is 2.17. The molecule has 0 spiro atoms. The van der Waals surface area contributed by atoms with E-state index in [-0.39, 0.29) is 5.78 Å². The summed E-state index contributed by atoms with van der Waals surface area (Å²) in [7, 11) is 3.67. The number of Topliss-reactive ketones (excluding diaryl/α,β-unsaturated/α-hetero) is 1. The zero-order valence-electron chi connectivity index (χ0n) is 9.16. The van der Waals surface area contributed by atoms with Crippen LogP contribution in [0.5, 0.6) is 0 Å². The largest absolute Gasteiger partial charge is 0.337 e. The number of rotatable bonds is 4. The summed E-state index contributed by atoms with van der Waals surface area (Å²) < 4.78 is 1.91. The topological polar surface area (TPSA) is 46.9 Å². The zero-order valence-corrected chi connectivity index (χ0v) is 9.16. The maximum atomic E-state index is 11.6. The summed E-state index contributed by atoms with van der Waals surface area (Å²) in [4.78, 5) is 15.8. The van der Waals surface area contributed by atoms with Gasteiger partial charge < -0.3 is 9.88 Å². The van der Waals surface area contributed by atoms with Crippen molar-refractivity contribution in [2.75, 3.05) is 13.6 Å². The number of imidazole rings is 1. The second-order valence-corrected chi connectivity index (χ2v) is 3.70. The minimum absolute atomic E-state index is 0.0526. The van der Waals surface area contributed by atoms with Gasteiger partial charge in [0.05, 0.1) is 18.6 Å². The summed E-state index contributed by atoms with van der Waals surface area (Å²) in [6.07, 6.45) is 1.69. The predicted octanol–water partition coefficient (Wildman–Crippen LogP) is 0.946. The first-order chi connectivity index (χ1) is 6.57. The van der Waals surface area contributed by atoms with Crippen LogP contribution in [0.4, 0.5) is 0 Å². The molecule has 0 amide bonds. The molecule has 1 aromatic heterocycles. The lowest BCUT2D eigenvalue weighted by atomic mass is 10.1. The summed E-state index contributed by atoms with van der Waals surface area (Å²) in [6, 6.07) is 0. The normalized spacial score (nSPS) is 10.9. The molecule has 0 aliphatic heterocycles. The number of nitrogens with zero attached hydrogens (tertiary/aromatic N) is 2. The van der Waals surface area contributed by atoms with E-state index >= 15 is 0 Å². The number of nitrogens with one attached hydrogen (secondary N) is 1. The smallest absolute Gasteiger partial charge is 0.196 e. The van der Waals surface area contributed by atoms with E-state index in [1.165, 1.54) is 0 Å². The van der Waals surface area contributed by atoms with Gasteiger partial charge in [-0.2, -0.15) is 0 Å². The SMILES string of the molecule is CNCC(=O)c1ncn(C)c1C(C)C. The van der Waals surface area contributed by atoms with Gasteiger partial charge in [-0.05, 0) is 13.0 Å². The molecule has 0 unspecified atom stereocenters. The first-order valence-electron chi connectivity index (χ1n) is 4.77. The van der Waals surface area contributed by atoms with Gasteiger partial charge in [0.25, 0.3) is 0 Å². The van der Waals surface area contributed by atoms with Crippen molar-refractivity contribution in [3.8, 4) is 0 Å². The van der Waals surface area contributed by atoms with E-state index in [1.54, 1.807) is 13.4 Å². The highest BCUT2D eigenvalue weighted by Gasteiger charge is 2.17. The minimum atomic E-state index is 0.0526. The Morgan fingerprint density at radius 3 is 2.79 bits per heavy atom. The van der Waals surface area contributed by atoms with Crippen LogP contribution >= 0.6 is 0 Å². The zero-order chi connectivity index (χ0) is 10.7. The van der Waals surface area contributed by atoms with Crippen LogP contribution < -0.4 is 5.32 Å². The Bertz CT molecular complexity index is 328. The van der Waals surface area contributed by atoms with Gasteiger partial charge in [-0.15, -0.1) is 0 Å². The average molecular weight is 195 g/mol. The van der Waals surface area contributed by atoms with Crippen molar-refractivity contribution in [3.05, 3.63) is 17.7 Å². The van der Waals surface area contributed by atoms with Crippen LogP contribution in [0, 0.1) is 0 Å². The Morgan fingerprint density at radius 2 is 2.29 bits per heavy atom. The number of hydrogen-bond donors (Lipinski definition) is 1. The Hall–Kier alpha value is -1.16. The van der Waals surface area contributed by atoms with E-state index < -0.39 is 0 Å². The van der Waals surface area contributed by atoms with Gasteiger partial charge in [-0.25, -0.2) is 4.98 Å². The van der Waals surface area contributed by atoms with Crippen LogP contribution in [0.25, 0.3) is 0 Å². The second-order valence-electron chi connectivity index (χ2n) is 3.70. The number of carbonyl (C=O) groups excluding carboxylic acids is 1. The molecular weight excluding hydrogens is 178 g/mol. The van der Waals surface area contributed by atoms with Crippen LogP contribution in [0.1, 0.15) is 35.9 Å². The summed E-state index contributed by atoms with van der Waals surface area (Å²) in [5.74, 6) is 0.370. The van der Waals surface area contributed by atoms with Crippen molar-refractivity contribution in [2.24, 2.45) is 7.05 Å². The molecule has 1 N–H and O–H groups in total. The van der Waals surface area contributed by atoms with Crippen LogP contribution in [-0.4, -0.2) is 28.9 Å². The van der Waals surface area contributed by atoms with Gasteiger partial charge in [-0.3, -0.25) is 4.79 Å². The summed E-state index contributed by atoms with van der Waals surface area (Å²) in [5, 5.41) is 2.84. The third-order valence-corrected chi connectivity index (χ3v) is 2.13. The van der Waals surface area contributed by atoms with Crippen LogP contribution in [0.15, 0.2) is 6.33 Å². The summed E-state index contributed by atoms with van der Waals surface area (Å²) in [5.41, 5.74) is 1.60. The van der Waals surface area contributed by atoms with E-state index in [2.05, 4.69) is 24.1 Å². The monoisotopic (exact) mass is 195 g/mol. The Labute approximate surface area is 84.3 Å². The lowest BCUT2D eigenvalue weighted by molar-refractivity contribution is 0.0988. The number of likely N-dealkylation sites (N-methyl/N-ethyl adjacent to an activating group) is 1. The highest BCUT2D eigenvalue weighted by molar-refractivity contribution is 5.97. The second kappa shape index (κ2) is 4.37. The maximum absolute atomic E-state index is 11.6. The number of aryl methyl sites for hydroxylation is 1. The van der Waals surface area contributed by atoms with Crippen LogP contribution in [-0.2, 0) is 7.05 Å². The number of ketones is 1. The molecule has 0 radical (unpaired) electrons. The van der Waals surface area contributed by atoms with Crippen molar-refractivity contribution in [1.82, 2.24) is 14.9 Å². The van der Waals surface area contributed by atoms with E-state index in [1.807, 2.05) is 11.6 Å². The molecule has 0 aromatic carbocycles. The quantitative estimate of drug-likeness (QED) is 0.727. The summed E-state index contributed by atoms with van der Waals surface area (Å²) >= 11 is 0. The molecule has 0 atom stereocenters. The van der Waals surface area contributed by atoms with Crippen molar-refractivity contribution in [2.45, 2.75) is 19.8 Å². The predicted molar refractivity (Wildman–Crippen MR) is 55.6 cm³/mol. The van der Waals surface area contributed by atoms with E-state index in [4.69, 9.17) is 0 Å². The fourth-order valence-corrected chi connectivity index (χ4v) is 1.58. The minimum Gasteiger partial charge on any atom is -0.337 e. The molecule has 0 bridgehead atoms. The van der Waals surface area contributed by atoms with Crippen LogP contribution in [0.2, 0.25) is 0 Å². The molecule has 1 aromatic rings. The van der Waals surface area contributed by atoms with Crippen molar-refractivity contribution >= 4 is 5.78 Å². The van der Waals surface area contributed by atoms with E-state index in [0.29, 0.717) is 18.2 Å². The molecule has 1 rings (SSSR count). The first-order valence-corrected chi connectivity index (χ1v) is 4.77. The van der Waals surface area contributed by atoms with Gasteiger partial charge in [0.2, 0.25) is 0 Å². The highest BCUT2D eigenvalue weighted by atomic mass is 16.1. The number of hydrogen-bond acceptors (Lipinski definition) is 3. The van der Waals surface area contributed by atoms with Gasteiger partial charge in [0, 0.05) is 7.05 Å². The molecule has 4 heteroatoms. The Balaban J connectivity index is 3.02. The molecule has 0 aliphatic carbocycles. The standard InChI is InChI=1S/C10H17N3O/c1-7(2)10-9(8(14)5-11-3)12-6-13(10)4/h6-7,11H,5H2,1-4H3. The average Bonchev–Trinajstić information content (AvgIpc) is 2.47. The van der Waals surface area contributed by atoms with E-state index in [9.17, 15) is 4.79 Å². The Morgan fingerprint density at radius 1 is 1.64 bits per heavy atom. The lowest BCUT2D eigenvalue weighted by Gasteiger charge is -2.08. The fourth-order valence-electron chi connectivity index (χ4n) is 1.58. The molecule has 1 heterocycles. The molecule has 0 saturated heterocycles. The van der Waals surface area contributed by atoms with Crippen LogP contribution in [0.3, 0.4) is 0 Å². The van der Waals surface area contributed by atoms with Gasteiger partial charge in [-0.1, -0.05) is 13.8 Å². The third kappa shape index (κ3) is 2.01. The molecule has 0 aliphatic rings. The van der Waals surface area contributed by atoms with Crippen molar-refractivity contribution in [1.29, 1.82) is 0 Å². The number of carbonyl (C=O) groups is 1. The molecular formula is C10H17N3O. The maximum Gasteiger partial charge on any atom is 0.196 e. The Kier molecular flexibility index (Phi) is 3.41. The lowest BCUT2D eigenvalue weighted by Crippen LogP contribution is -2.20. The van der Waals surface area contributed by atoms with Crippen molar-refractivity contribution in [3.63, 3.8) is 0 Å². The van der Waals surface area contributed by atoms with Gasteiger partial charge in [0.1, 0.15) is 5.69 Å². The summed E-state index contributed by atoms with van der Waals surface area (Å²) in [6.45, 7) is 4.47. The molecule has 0 saturated carbocycles. The van der Waals surface area contributed by atoms with Crippen molar-refractivity contribution < 1.29 is 4.79 Å². The van der Waals surface area contributed by atoms with E-state index in [0.717, 1.165) is 5.69 Å². The molecule has 14 heavy (non-hydrogen) atoms.